The van der Waals surface area contributed by atoms with Gasteiger partial charge in [0.05, 0.1) is 20.2 Å². The standard InChI is InChI=1S/C13H20N2O3/c1-14-10-13(16)15(2)8-9-18-12-7-5-4-6-11(12)17-3/h4-7,14H,8-10H2,1-3H3. The first-order chi connectivity index (χ1) is 8.69. The normalized spacial score (nSPS) is 9.94. The highest BCUT2D eigenvalue weighted by Gasteiger charge is 2.08. The Balaban J connectivity index is 2.39. The fourth-order valence-electron chi connectivity index (χ4n) is 1.44. The van der Waals surface area contributed by atoms with Crippen molar-refractivity contribution in [3.8, 4) is 11.5 Å². The number of hydrogen-bond acceptors (Lipinski definition) is 4. The smallest absolute Gasteiger partial charge is 0.236 e. The molecule has 1 aromatic rings. The number of nitrogens with zero attached hydrogens (tertiary/aromatic N) is 1. The molecule has 100 valence electrons. The predicted molar refractivity (Wildman–Crippen MR) is 70.1 cm³/mol. The van der Waals surface area contributed by atoms with E-state index in [1.165, 1.54) is 0 Å². The lowest BCUT2D eigenvalue weighted by Gasteiger charge is -2.17. The largest absolute Gasteiger partial charge is 0.493 e. The number of hydrogen-bond donors (Lipinski definition) is 1. The van der Waals surface area contributed by atoms with E-state index in [2.05, 4.69) is 5.32 Å². The molecule has 1 aromatic carbocycles. The van der Waals surface area contributed by atoms with Gasteiger partial charge in [-0.05, 0) is 19.2 Å². The van der Waals surface area contributed by atoms with E-state index >= 15 is 0 Å². The van der Waals surface area contributed by atoms with Gasteiger partial charge in [0.15, 0.2) is 11.5 Å². The van der Waals surface area contributed by atoms with Gasteiger partial charge in [0.2, 0.25) is 5.91 Å². The molecule has 0 atom stereocenters. The average molecular weight is 252 g/mol. The molecule has 0 aliphatic heterocycles. The SMILES string of the molecule is CNCC(=O)N(C)CCOc1ccccc1OC. The molecule has 1 amide bonds. The first-order valence-electron chi connectivity index (χ1n) is 5.83. The van der Waals surface area contributed by atoms with Gasteiger partial charge in [-0.2, -0.15) is 0 Å². The maximum absolute atomic E-state index is 11.5. The number of carbonyl (C=O) groups excluding carboxylic acids is 1. The van der Waals surface area contributed by atoms with Crippen molar-refractivity contribution in [1.82, 2.24) is 10.2 Å². The van der Waals surface area contributed by atoms with E-state index in [0.29, 0.717) is 31.2 Å². The van der Waals surface area contributed by atoms with E-state index in [-0.39, 0.29) is 5.91 Å². The summed E-state index contributed by atoms with van der Waals surface area (Å²) in [6, 6.07) is 7.45. The second-order valence-corrected chi connectivity index (χ2v) is 3.84. The molecule has 0 bridgehead atoms. The second kappa shape index (κ2) is 7.55. The van der Waals surface area contributed by atoms with Crippen molar-refractivity contribution in [2.24, 2.45) is 0 Å². The van der Waals surface area contributed by atoms with Crippen LogP contribution in [-0.4, -0.2) is 51.7 Å². The van der Waals surface area contributed by atoms with Crippen LogP contribution in [0.1, 0.15) is 0 Å². The molecular weight excluding hydrogens is 232 g/mol. The Bertz CT molecular complexity index is 382. The number of amides is 1. The molecule has 1 N–H and O–H groups in total. The third-order valence-electron chi connectivity index (χ3n) is 2.51. The highest BCUT2D eigenvalue weighted by Crippen LogP contribution is 2.25. The second-order valence-electron chi connectivity index (χ2n) is 3.84. The van der Waals surface area contributed by atoms with E-state index in [9.17, 15) is 4.79 Å². The van der Waals surface area contributed by atoms with Gasteiger partial charge < -0.3 is 19.7 Å². The van der Waals surface area contributed by atoms with Gasteiger partial charge >= 0.3 is 0 Å². The molecule has 0 saturated carbocycles. The minimum atomic E-state index is 0.0427. The van der Waals surface area contributed by atoms with Gasteiger partial charge in [0, 0.05) is 7.05 Å². The summed E-state index contributed by atoms with van der Waals surface area (Å²) in [6.07, 6.45) is 0. The molecule has 0 unspecified atom stereocenters. The highest BCUT2D eigenvalue weighted by molar-refractivity contribution is 5.77. The lowest BCUT2D eigenvalue weighted by atomic mass is 10.3. The number of para-hydroxylation sites is 2. The maximum atomic E-state index is 11.5. The van der Waals surface area contributed by atoms with Gasteiger partial charge in [-0.1, -0.05) is 12.1 Å². The minimum Gasteiger partial charge on any atom is -0.493 e. The summed E-state index contributed by atoms with van der Waals surface area (Å²) in [6.45, 7) is 1.32. The van der Waals surface area contributed by atoms with Crippen LogP contribution in [0, 0.1) is 0 Å². The number of rotatable bonds is 7. The van der Waals surface area contributed by atoms with Crippen LogP contribution in [0.15, 0.2) is 24.3 Å². The molecule has 0 heterocycles. The summed E-state index contributed by atoms with van der Waals surface area (Å²) in [5.41, 5.74) is 0. The molecule has 0 aliphatic carbocycles. The van der Waals surface area contributed by atoms with Crippen LogP contribution >= 0.6 is 0 Å². The number of methoxy groups -OCH3 is 1. The van der Waals surface area contributed by atoms with Gasteiger partial charge in [0.1, 0.15) is 6.61 Å². The molecule has 0 radical (unpaired) electrons. The van der Waals surface area contributed by atoms with Crippen molar-refractivity contribution in [1.29, 1.82) is 0 Å². The zero-order valence-corrected chi connectivity index (χ0v) is 11.1. The van der Waals surface area contributed by atoms with Gasteiger partial charge in [-0.15, -0.1) is 0 Å². The van der Waals surface area contributed by atoms with Crippen LogP contribution in [0.3, 0.4) is 0 Å². The Kier molecular flexibility index (Phi) is 6.00. The monoisotopic (exact) mass is 252 g/mol. The molecule has 1 rings (SSSR count). The zero-order chi connectivity index (χ0) is 13.4. The number of ether oxygens (including phenoxy) is 2. The van der Waals surface area contributed by atoms with E-state index in [1.807, 2.05) is 24.3 Å². The first kappa shape index (κ1) is 14.3. The molecule has 0 aliphatic rings. The number of carbonyl (C=O) groups is 1. The summed E-state index contributed by atoms with van der Waals surface area (Å²) in [5.74, 6) is 1.43. The van der Waals surface area contributed by atoms with Crippen LogP contribution in [-0.2, 0) is 4.79 Å². The molecule has 0 saturated heterocycles. The summed E-state index contributed by atoms with van der Waals surface area (Å²) in [5, 5.41) is 2.82. The van der Waals surface area contributed by atoms with Crippen LogP contribution < -0.4 is 14.8 Å². The van der Waals surface area contributed by atoms with Crippen molar-refractivity contribution >= 4 is 5.91 Å². The molecule has 5 heteroatoms. The fourth-order valence-corrected chi connectivity index (χ4v) is 1.44. The molecule has 5 nitrogen and oxygen atoms in total. The van der Waals surface area contributed by atoms with Crippen molar-refractivity contribution in [2.45, 2.75) is 0 Å². The Morgan fingerprint density at radius 2 is 2.00 bits per heavy atom. The first-order valence-corrected chi connectivity index (χ1v) is 5.83. The molecule has 0 aromatic heterocycles. The van der Waals surface area contributed by atoms with Crippen LogP contribution in [0.5, 0.6) is 11.5 Å². The summed E-state index contributed by atoms with van der Waals surface area (Å²) in [4.78, 5) is 13.1. The van der Waals surface area contributed by atoms with Gasteiger partial charge in [-0.25, -0.2) is 0 Å². The van der Waals surface area contributed by atoms with Crippen LogP contribution in [0.4, 0.5) is 0 Å². The summed E-state index contributed by atoms with van der Waals surface area (Å²) >= 11 is 0. The van der Waals surface area contributed by atoms with Crippen molar-refractivity contribution in [3.63, 3.8) is 0 Å². The van der Waals surface area contributed by atoms with Crippen LogP contribution in [0.25, 0.3) is 0 Å². The van der Waals surface area contributed by atoms with Crippen molar-refractivity contribution < 1.29 is 14.3 Å². The van der Waals surface area contributed by atoms with E-state index in [1.54, 1.807) is 26.1 Å². The lowest BCUT2D eigenvalue weighted by Crippen LogP contribution is -2.36. The topological polar surface area (TPSA) is 50.8 Å². The van der Waals surface area contributed by atoms with Gasteiger partial charge in [-0.3, -0.25) is 4.79 Å². The Labute approximate surface area is 108 Å². The van der Waals surface area contributed by atoms with E-state index < -0.39 is 0 Å². The lowest BCUT2D eigenvalue weighted by molar-refractivity contribution is -0.129. The maximum Gasteiger partial charge on any atom is 0.236 e. The molecular formula is C13H20N2O3. The number of benzene rings is 1. The molecule has 0 fully saturated rings. The van der Waals surface area contributed by atoms with Gasteiger partial charge in [0.25, 0.3) is 0 Å². The summed E-state index contributed by atoms with van der Waals surface area (Å²) < 4.78 is 10.8. The minimum absolute atomic E-state index is 0.0427. The third kappa shape index (κ3) is 4.25. The van der Waals surface area contributed by atoms with Crippen molar-refractivity contribution in [2.75, 3.05) is 40.9 Å². The Hall–Kier alpha value is -1.75. The summed E-state index contributed by atoms with van der Waals surface area (Å²) in [7, 11) is 5.10. The average Bonchev–Trinajstić information content (AvgIpc) is 2.39. The predicted octanol–water partition coefficient (Wildman–Crippen LogP) is 0.752. The molecule has 18 heavy (non-hydrogen) atoms. The zero-order valence-electron chi connectivity index (χ0n) is 11.1. The fraction of sp³-hybridized carbons (Fsp3) is 0.462. The Morgan fingerprint density at radius 1 is 1.33 bits per heavy atom. The number of likely N-dealkylation sites (N-methyl/N-ethyl adjacent to an activating group) is 2. The highest BCUT2D eigenvalue weighted by atomic mass is 16.5. The number of nitrogens with one attached hydrogen (secondary N) is 1. The Morgan fingerprint density at radius 3 is 2.61 bits per heavy atom. The third-order valence-corrected chi connectivity index (χ3v) is 2.51. The quantitative estimate of drug-likeness (QED) is 0.778. The van der Waals surface area contributed by atoms with E-state index in [0.717, 1.165) is 0 Å². The molecule has 0 spiro atoms. The van der Waals surface area contributed by atoms with Crippen LogP contribution in [0.2, 0.25) is 0 Å². The van der Waals surface area contributed by atoms with E-state index in [4.69, 9.17) is 9.47 Å². The van der Waals surface area contributed by atoms with Crippen molar-refractivity contribution in [3.05, 3.63) is 24.3 Å².